The minimum Gasteiger partial charge on any atom is -0.496 e. The van der Waals surface area contributed by atoms with E-state index in [0.717, 1.165) is 0 Å². The van der Waals surface area contributed by atoms with E-state index >= 15 is 0 Å². The normalized spacial score (nSPS) is 12.7. The van der Waals surface area contributed by atoms with Crippen molar-refractivity contribution in [3.63, 3.8) is 0 Å². The molecule has 0 aliphatic carbocycles. The Morgan fingerprint density at radius 2 is 2.24 bits per heavy atom. The highest BCUT2D eigenvalue weighted by Crippen LogP contribution is 2.32. The topological polar surface area (TPSA) is 87.6 Å². The second kappa shape index (κ2) is 8.59. The van der Waals surface area contributed by atoms with Crippen LogP contribution in [0.25, 0.3) is 10.9 Å². The molecule has 3 rings (SSSR count). The van der Waals surface area contributed by atoms with Crippen LogP contribution in [-0.2, 0) is 11.3 Å². The number of nitrogens with zero attached hydrogens (tertiary/aromatic N) is 3. The summed E-state index contributed by atoms with van der Waals surface area (Å²) in [6.07, 6.45) is 1.34. The predicted molar refractivity (Wildman–Crippen MR) is 109 cm³/mol. The van der Waals surface area contributed by atoms with Gasteiger partial charge in [-0.25, -0.2) is 14.4 Å². The third-order valence-corrected chi connectivity index (χ3v) is 4.81. The molecule has 0 bridgehead atoms. The van der Waals surface area contributed by atoms with Gasteiger partial charge in [0.25, 0.3) is 0 Å². The number of aliphatic carboxylic acids is 1. The number of aromatic nitrogens is 2. The highest BCUT2D eigenvalue weighted by atomic mass is 35.5. The minimum absolute atomic E-state index is 0.0190. The van der Waals surface area contributed by atoms with Gasteiger partial charge in [-0.15, -0.1) is 0 Å². The monoisotopic (exact) mass is 419 g/mol. The van der Waals surface area contributed by atoms with Crippen molar-refractivity contribution in [3.05, 3.63) is 53.1 Å². The maximum atomic E-state index is 14.3. The fourth-order valence-corrected chi connectivity index (χ4v) is 2.96. The first-order valence-corrected chi connectivity index (χ1v) is 9.02. The van der Waals surface area contributed by atoms with Crippen LogP contribution in [-0.4, -0.2) is 46.1 Å². The third-order valence-electron chi connectivity index (χ3n) is 4.52. The maximum Gasteiger partial charge on any atom is 0.320 e. The zero-order chi connectivity index (χ0) is 21.8. The molecule has 1 atom stereocenters. The van der Waals surface area contributed by atoms with E-state index in [1.807, 2.05) is 0 Å². The quantitative estimate of drug-likeness (QED) is 0.596. The largest absolute Gasteiger partial charge is 0.496 e. The van der Waals surface area contributed by atoms with Gasteiger partial charge in [0.2, 0.25) is 0 Å². The molecule has 0 unspecified atom stereocenters. The summed E-state index contributed by atoms with van der Waals surface area (Å²) in [6, 6.07) is 7.19. The Hall–Kier alpha value is -2.97. The lowest BCUT2D eigenvalue weighted by Crippen LogP contribution is -2.35. The number of carboxylic acids is 1. The average molecular weight is 420 g/mol. The van der Waals surface area contributed by atoms with Crippen LogP contribution in [0.3, 0.4) is 0 Å². The number of ether oxygens (including phenoxy) is 1. The summed E-state index contributed by atoms with van der Waals surface area (Å²) in [5.74, 6) is -0.773. The van der Waals surface area contributed by atoms with E-state index in [-0.39, 0.29) is 24.3 Å². The van der Waals surface area contributed by atoms with Crippen molar-refractivity contribution in [1.29, 1.82) is 0 Å². The lowest BCUT2D eigenvalue weighted by Gasteiger charge is -2.22. The van der Waals surface area contributed by atoms with Crippen molar-refractivity contribution in [3.8, 4) is 5.75 Å². The summed E-state index contributed by atoms with van der Waals surface area (Å²) >= 11 is 5.86. The van der Waals surface area contributed by atoms with Crippen LogP contribution >= 0.6 is 11.6 Å². The molecule has 0 fully saturated rings. The van der Waals surface area contributed by atoms with E-state index in [1.165, 1.54) is 37.4 Å². The Morgan fingerprint density at radius 1 is 1.45 bits per heavy atom. The van der Waals surface area contributed by atoms with E-state index in [2.05, 4.69) is 15.3 Å². The van der Waals surface area contributed by atoms with Crippen LogP contribution in [0.4, 0.5) is 15.9 Å². The van der Waals surface area contributed by atoms with Gasteiger partial charge in [-0.2, -0.15) is 0 Å². The van der Waals surface area contributed by atoms with E-state index in [0.29, 0.717) is 28.0 Å². The summed E-state index contributed by atoms with van der Waals surface area (Å²) < 4.78 is 27.5. The Labute approximate surface area is 173 Å². The van der Waals surface area contributed by atoms with Crippen molar-refractivity contribution in [1.82, 2.24) is 14.9 Å². The van der Waals surface area contributed by atoms with Crippen molar-refractivity contribution in [2.75, 3.05) is 19.5 Å². The number of hydrogen-bond donors (Lipinski definition) is 2. The zero-order valence-electron chi connectivity index (χ0n) is 16.8. The number of rotatable bonds is 7. The molecule has 0 aliphatic rings. The van der Waals surface area contributed by atoms with Crippen molar-refractivity contribution in [2.45, 2.75) is 19.5 Å². The first-order valence-electron chi connectivity index (χ1n) is 9.35. The fraction of sp³-hybridized carbons (Fsp3) is 0.250. The molecule has 7 nitrogen and oxygen atoms in total. The van der Waals surface area contributed by atoms with E-state index < -0.39 is 17.8 Å². The Bertz CT molecular complexity index is 1090. The lowest BCUT2D eigenvalue weighted by molar-refractivity contribution is -0.142. The maximum absolute atomic E-state index is 14.3. The molecule has 0 saturated carbocycles. The van der Waals surface area contributed by atoms with Gasteiger partial charge < -0.3 is 15.2 Å². The van der Waals surface area contributed by atoms with Gasteiger partial charge >= 0.3 is 5.97 Å². The summed E-state index contributed by atoms with van der Waals surface area (Å²) in [4.78, 5) is 21.3. The number of carbonyl (C=O) groups is 1. The van der Waals surface area contributed by atoms with Crippen LogP contribution in [0, 0.1) is 5.82 Å². The standard InChI is InChI=1S/C20H20ClFN4O3/c1-11(20(27)28)26(2)9-12-7-13-16(8-17(12)29-3)23-10-24-19(13)25-15-6-4-5-14(21)18(15)22/h4-8,10-11H,9H2,1-3H3,(H,27,28)(H,23,24,25)/t11-/m0/s1/i2D. The molecule has 0 saturated heterocycles. The molecule has 0 spiro atoms. The number of methoxy groups -OCH3 is 1. The summed E-state index contributed by atoms with van der Waals surface area (Å²) in [5, 5.41) is 12.8. The average Bonchev–Trinajstić information content (AvgIpc) is 2.74. The molecular formula is C20H20ClFN4O3. The predicted octanol–water partition coefficient (Wildman–Crippen LogP) is 4.08. The number of hydrogen-bond acceptors (Lipinski definition) is 6. The van der Waals surface area contributed by atoms with Crippen LogP contribution in [0.2, 0.25) is 5.02 Å². The second-order valence-corrected chi connectivity index (χ2v) is 6.80. The Balaban J connectivity index is 2.05. The number of benzene rings is 2. The lowest BCUT2D eigenvalue weighted by atomic mass is 10.1. The molecule has 29 heavy (non-hydrogen) atoms. The molecule has 0 radical (unpaired) electrons. The second-order valence-electron chi connectivity index (χ2n) is 6.39. The first-order chi connectivity index (χ1) is 14.3. The number of carboxylic acid groups (broad SMARTS) is 1. The van der Waals surface area contributed by atoms with Crippen LogP contribution < -0.4 is 10.1 Å². The smallest absolute Gasteiger partial charge is 0.320 e. The molecule has 0 aliphatic heterocycles. The van der Waals surface area contributed by atoms with Gasteiger partial charge in [0.05, 0.1) is 23.3 Å². The number of anilines is 2. The molecule has 0 amide bonds. The summed E-state index contributed by atoms with van der Waals surface area (Å²) in [7, 11) is 1.29. The van der Waals surface area contributed by atoms with Gasteiger partial charge in [0.15, 0.2) is 5.82 Å². The molecular weight excluding hydrogens is 399 g/mol. The highest BCUT2D eigenvalue weighted by Gasteiger charge is 2.19. The number of likely N-dealkylation sites (N-methyl/N-ethyl adjacent to an activating group) is 1. The highest BCUT2D eigenvalue weighted by molar-refractivity contribution is 6.31. The SMILES string of the molecule is [2H]CN(Cc1cc2c(Nc3cccc(Cl)c3F)ncnc2cc1OC)[C@@H](C)C(=O)O. The molecule has 2 N–H and O–H groups in total. The molecule has 152 valence electrons. The fourth-order valence-electron chi connectivity index (χ4n) is 2.78. The van der Waals surface area contributed by atoms with Crippen molar-refractivity contribution < 1.29 is 20.4 Å². The van der Waals surface area contributed by atoms with Gasteiger partial charge in [0, 0.05) is 24.9 Å². The first kappa shape index (κ1) is 19.4. The molecule has 1 heterocycles. The Morgan fingerprint density at radius 3 is 2.93 bits per heavy atom. The van der Waals surface area contributed by atoms with Crippen molar-refractivity contribution >= 4 is 40.0 Å². The third kappa shape index (κ3) is 4.38. The van der Waals surface area contributed by atoms with Crippen LogP contribution in [0.1, 0.15) is 13.9 Å². The van der Waals surface area contributed by atoms with Gasteiger partial charge in [-0.05, 0) is 32.1 Å². The molecule has 9 heteroatoms. The molecule has 1 aromatic heterocycles. The van der Waals surface area contributed by atoms with E-state index in [9.17, 15) is 14.3 Å². The number of fused-ring (bicyclic) bond motifs is 1. The van der Waals surface area contributed by atoms with Crippen LogP contribution in [0.15, 0.2) is 36.7 Å². The van der Waals surface area contributed by atoms with Crippen LogP contribution in [0.5, 0.6) is 5.75 Å². The molecule has 2 aromatic carbocycles. The minimum atomic E-state index is -1.02. The van der Waals surface area contributed by atoms with Gasteiger partial charge in [-0.3, -0.25) is 9.69 Å². The molecule has 3 aromatic rings. The summed E-state index contributed by atoms with van der Waals surface area (Å²) in [5.41, 5.74) is 1.36. The number of nitrogens with one attached hydrogen (secondary N) is 1. The van der Waals surface area contributed by atoms with E-state index in [1.54, 1.807) is 18.2 Å². The van der Waals surface area contributed by atoms with Gasteiger partial charge in [0.1, 0.15) is 23.9 Å². The van der Waals surface area contributed by atoms with E-state index in [4.69, 9.17) is 17.7 Å². The van der Waals surface area contributed by atoms with Crippen molar-refractivity contribution in [2.24, 2.45) is 0 Å². The summed E-state index contributed by atoms with van der Waals surface area (Å²) in [6.45, 7) is 1.68. The zero-order valence-corrected chi connectivity index (χ0v) is 16.6. The van der Waals surface area contributed by atoms with Gasteiger partial charge in [-0.1, -0.05) is 17.7 Å². The Kier molecular flexibility index (Phi) is 5.73. The number of halogens is 2.